The summed E-state index contributed by atoms with van der Waals surface area (Å²) in [5.74, 6) is 0.303. The normalized spacial score (nSPS) is 21.1. The molecule has 1 aromatic rings. The fourth-order valence-electron chi connectivity index (χ4n) is 2.99. The molecule has 0 bridgehead atoms. The summed E-state index contributed by atoms with van der Waals surface area (Å²) < 4.78 is 0. The van der Waals surface area contributed by atoms with Crippen molar-refractivity contribution in [2.45, 2.75) is 39.0 Å². The fourth-order valence-corrected chi connectivity index (χ4v) is 2.99. The lowest BCUT2D eigenvalue weighted by atomic mass is 9.85. The summed E-state index contributed by atoms with van der Waals surface area (Å²) in [6.45, 7) is 7.82. The molecule has 1 atom stereocenters. The van der Waals surface area contributed by atoms with Gasteiger partial charge in [-0.3, -0.25) is 5.41 Å². The third kappa shape index (κ3) is 4.07. The maximum Gasteiger partial charge on any atom is 0.0995 e. The predicted molar refractivity (Wildman–Crippen MR) is 85.2 cm³/mol. The molecule has 2 rings (SSSR count). The highest BCUT2D eigenvalue weighted by Gasteiger charge is 2.25. The second-order valence-electron chi connectivity index (χ2n) is 6.74. The summed E-state index contributed by atoms with van der Waals surface area (Å²) in [6, 6.07) is 10.2. The van der Waals surface area contributed by atoms with Gasteiger partial charge in [0.2, 0.25) is 0 Å². The van der Waals surface area contributed by atoms with Crippen LogP contribution in [0.15, 0.2) is 30.3 Å². The average molecular weight is 273 g/mol. The topological polar surface area (TPSA) is 53.1 Å². The molecule has 20 heavy (non-hydrogen) atoms. The van der Waals surface area contributed by atoms with Crippen LogP contribution in [-0.4, -0.2) is 30.4 Å². The molecule has 3 nitrogen and oxygen atoms in total. The molecule has 1 saturated heterocycles. The molecule has 3 N–H and O–H groups in total. The molecule has 0 radical (unpaired) electrons. The van der Waals surface area contributed by atoms with Crippen LogP contribution in [0.5, 0.6) is 0 Å². The maximum atomic E-state index is 7.89. The van der Waals surface area contributed by atoms with Crippen LogP contribution in [-0.2, 0) is 0 Å². The van der Waals surface area contributed by atoms with Crippen LogP contribution >= 0.6 is 0 Å². The number of hydrogen-bond acceptors (Lipinski definition) is 2. The zero-order valence-electron chi connectivity index (χ0n) is 12.7. The van der Waals surface area contributed by atoms with Gasteiger partial charge in [0.1, 0.15) is 0 Å². The highest BCUT2D eigenvalue weighted by atomic mass is 15.1. The SMILES string of the molecule is CC1(C)CCCN(CC(C(=N)N)c2ccccc2)CC1. The van der Waals surface area contributed by atoms with Gasteiger partial charge in [0.25, 0.3) is 0 Å². The third-order valence-corrected chi connectivity index (χ3v) is 4.45. The number of benzene rings is 1. The second kappa shape index (κ2) is 6.40. The monoisotopic (exact) mass is 273 g/mol. The Morgan fingerprint density at radius 2 is 1.95 bits per heavy atom. The van der Waals surface area contributed by atoms with E-state index in [0.717, 1.165) is 25.2 Å². The maximum absolute atomic E-state index is 7.89. The number of nitrogens with one attached hydrogen (secondary N) is 1. The first-order valence-corrected chi connectivity index (χ1v) is 7.59. The van der Waals surface area contributed by atoms with Gasteiger partial charge >= 0.3 is 0 Å². The summed E-state index contributed by atoms with van der Waals surface area (Å²) in [4.78, 5) is 2.48. The van der Waals surface area contributed by atoms with Gasteiger partial charge in [0.15, 0.2) is 0 Å². The van der Waals surface area contributed by atoms with E-state index in [-0.39, 0.29) is 11.8 Å². The molecule has 3 heteroatoms. The first-order chi connectivity index (χ1) is 9.48. The van der Waals surface area contributed by atoms with Gasteiger partial charge in [-0.2, -0.15) is 0 Å². The Morgan fingerprint density at radius 3 is 2.60 bits per heavy atom. The molecule has 1 heterocycles. The minimum absolute atomic E-state index is 0.0254. The second-order valence-corrected chi connectivity index (χ2v) is 6.74. The zero-order chi connectivity index (χ0) is 14.6. The highest BCUT2D eigenvalue weighted by Crippen LogP contribution is 2.30. The van der Waals surface area contributed by atoms with Crippen molar-refractivity contribution in [3.05, 3.63) is 35.9 Å². The summed E-state index contributed by atoms with van der Waals surface area (Å²) in [5.41, 5.74) is 7.44. The molecule has 0 aliphatic carbocycles. The van der Waals surface area contributed by atoms with Crippen molar-refractivity contribution in [1.82, 2.24) is 4.90 Å². The first kappa shape index (κ1) is 15.0. The number of hydrogen-bond donors (Lipinski definition) is 2. The van der Waals surface area contributed by atoms with Gasteiger partial charge in [0, 0.05) is 6.54 Å². The van der Waals surface area contributed by atoms with Gasteiger partial charge in [-0.1, -0.05) is 44.2 Å². The quantitative estimate of drug-likeness (QED) is 0.654. The molecular weight excluding hydrogens is 246 g/mol. The lowest BCUT2D eigenvalue weighted by molar-refractivity contribution is 0.260. The van der Waals surface area contributed by atoms with Crippen LogP contribution in [0.25, 0.3) is 0 Å². The Hall–Kier alpha value is -1.35. The van der Waals surface area contributed by atoms with E-state index < -0.39 is 0 Å². The highest BCUT2D eigenvalue weighted by molar-refractivity contribution is 5.84. The van der Waals surface area contributed by atoms with E-state index in [1.807, 2.05) is 18.2 Å². The lowest BCUT2D eigenvalue weighted by Gasteiger charge is -2.27. The Balaban J connectivity index is 2.04. The van der Waals surface area contributed by atoms with Crippen LogP contribution in [0.4, 0.5) is 0 Å². The Labute approximate surface area is 122 Å². The smallest absolute Gasteiger partial charge is 0.0995 e. The van der Waals surface area contributed by atoms with Crippen molar-refractivity contribution in [2.75, 3.05) is 19.6 Å². The van der Waals surface area contributed by atoms with Gasteiger partial charge in [-0.05, 0) is 43.3 Å². The number of nitrogens with zero attached hydrogens (tertiary/aromatic N) is 1. The minimum Gasteiger partial charge on any atom is -0.387 e. The Kier molecular flexibility index (Phi) is 4.81. The van der Waals surface area contributed by atoms with Gasteiger partial charge in [0.05, 0.1) is 11.8 Å². The number of nitrogens with two attached hydrogens (primary N) is 1. The van der Waals surface area contributed by atoms with Crippen molar-refractivity contribution < 1.29 is 0 Å². The van der Waals surface area contributed by atoms with Crippen molar-refractivity contribution in [3.8, 4) is 0 Å². The summed E-state index contributed by atoms with van der Waals surface area (Å²) in [5, 5.41) is 7.89. The van der Waals surface area contributed by atoms with Crippen LogP contribution in [0.2, 0.25) is 0 Å². The molecule has 0 aromatic heterocycles. The van der Waals surface area contributed by atoms with E-state index in [2.05, 4.69) is 30.9 Å². The number of likely N-dealkylation sites (tertiary alicyclic amines) is 1. The van der Waals surface area contributed by atoms with Gasteiger partial charge < -0.3 is 10.6 Å². The van der Waals surface area contributed by atoms with Crippen LogP contribution < -0.4 is 5.73 Å². The molecule has 0 amide bonds. The Bertz CT molecular complexity index is 439. The van der Waals surface area contributed by atoms with E-state index >= 15 is 0 Å². The average Bonchev–Trinajstić information content (AvgIpc) is 2.58. The molecule has 1 unspecified atom stereocenters. The van der Waals surface area contributed by atoms with Crippen molar-refractivity contribution in [3.63, 3.8) is 0 Å². The van der Waals surface area contributed by atoms with Crippen molar-refractivity contribution in [2.24, 2.45) is 11.1 Å². The van der Waals surface area contributed by atoms with E-state index in [4.69, 9.17) is 11.1 Å². The number of amidine groups is 1. The molecule has 1 aliphatic heterocycles. The minimum atomic E-state index is 0.0254. The van der Waals surface area contributed by atoms with Crippen LogP contribution in [0.3, 0.4) is 0 Å². The molecule has 110 valence electrons. The molecular formula is C17H27N3. The largest absolute Gasteiger partial charge is 0.387 e. The molecule has 0 saturated carbocycles. The van der Waals surface area contributed by atoms with Gasteiger partial charge in [-0.15, -0.1) is 0 Å². The van der Waals surface area contributed by atoms with E-state index in [9.17, 15) is 0 Å². The summed E-state index contributed by atoms with van der Waals surface area (Å²) in [6.07, 6.45) is 3.76. The first-order valence-electron chi connectivity index (χ1n) is 7.59. The zero-order valence-corrected chi connectivity index (χ0v) is 12.7. The molecule has 1 aromatic carbocycles. The van der Waals surface area contributed by atoms with E-state index in [1.165, 1.54) is 19.3 Å². The van der Waals surface area contributed by atoms with Crippen LogP contribution in [0, 0.1) is 10.8 Å². The van der Waals surface area contributed by atoms with E-state index in [0.29, 0.717) is 5.41 Å². The fraction of sp³-hybridized carbons (Fsp3) is 0.588. The summed E-state index contributed by atoms with van der Waals surface area (Å²) >= 11 is 0. The Morgan fingerprint density at radius 1 is 1.25 bits per heavy atom. The molecule has 1 fully saturated rings. The molecule has 1 aliphatic rings. The number of rotatable bonds is 4. The van der Waals surface area contributed by atoms with Gasteiger partial charge in [-0.25, -0.2) is 0 Å². The van der Waals surface area contributed by atoms with Crippen LogP contribution in [0.1, 0.15) is 44.6 Å². The lowest BCUT2D eigenvalue weighted by Crippen LogP contribution is -2.35. The third-order valence-electron chi connectivity index (χ3n) is 4.45. The molecule has 0 spiro atoms. The van der Waals surface area contributed by atoms with E-state index in [1.54, 1.807) is 0 Å². The standard InChI is InChI=1S/C17H27N3/c1-17(2)9-6-11-20(12-10-17)13-15(16(18)19)14-7-4-3-5-8-14/h3-5,7-8,15H,6,9-13H2,1-2H3,(H3,18,19). The van der Waals surface area contributed by atoms with Crippen molar-refractivity contribution in [1.29, 1.82) is 5.41 Å². The summed E-state index contributed by atoms with van der Waals surface area (Å²) in [7, 11) is 0. The van der Waals surface area contributed by atoms with Crippen molar-refractivity contribution >= 4 is 5.84 Å². The predicted octanol–water partition coefficient (Wildman–Crippen LogP) is 3.22.